The van der Waals surface area contributed by atoms with Crippen molar-refractivity contribution in [2.24, 2.45) is 5.41 Å². The second-order valence-electron chi connectivity index (χ2n) is 4.37. The Bertz CT molecular complexity index is 441. The van der Waals surface area contributed by atoms with Crippen molar-refractivity contribution in [3.8, 4) is 0 Å². The van der Waals surface area contributed by atoms with Crippen LogP contribution >= 0.6 is 0 Å². The molecule has 0 rings (SSSR count). The molecule has 0 aliphatic carbocycles. The van der Waals surface area contributed by atoms with E-state index in [2.05, 4.69) is 0 Å². The molecule has 0 N–H and O–H groups in total. The van der Waals surface area contributed by atoms with Gasteiger partial charge < -0.3 is 9.47 Å². The molecule has 0 aliphatic rings. The van der Waals surface area contributed by atoms with E-state index in [0.29, 0.717) is 0 Å². The molecule has 0 radical (unpaired) electrons. The fraction of sp³-hybridized carbons (Fsp3) is 0.438. The number of hydrogen-bond donors (Lipinski definition) is 0. The number of ether oxygens (including phenoxy) is 2. The lowest BCUT2D eigenvalue weighted by atomic mass is 9.79. The van der Waals surface area contributed by atoms with E-state index < -0.39 is 17.4 Å². The summed E-state index contributed by atoms with van der Waals surface area (Å²) in [5.41, 5.74) is -1.65. The number of methoxy groups -OCH3 is 2. The van der Waals surface area contributed by atoms with Gasteiger partial charge in [0.05, 0.1) is 14.2 Å². The summed E-state index contributed by atoms with van der Waals surface area (Å²) in [4.78, 5) is 36.0. The third-order valence-corrected chi connectivity index (χ3v) is 2.89. The number of rotatable bonds is 8. The van der Waals surface area contributed by atoms with E-state index in [1.165, 1.54) is 20.3 Å². The molecule has 0 aliphatic heterocycles. The van der Waals surface area contributed by atoms with E-state index >= 15 is 0 Å². The molecule has 0 aromatic carbocycles. The molecule has 0 bridgehead atoms. The highest BCUT2D eigenvalue weighted by Crippen LogP contribution is 2.31. The van der Waals surface area contributed by atoms with Crippen molar-refractivity contribution in [2.45, 2.75) is 26.7 Å². The molecule has 0 aromatic rings. The summed E-state index contributed by atoms with van der Waals surface area (Å²) in [6.45, 7) is 3.52. The molecule has 5 nitrogen and oxygen atoms in total. The second kappa shape index (κ2) is 9.69. The molecule has 0 saturated carbocycles. The molecule has 0 amide bonds. The van der Waals surface area contributed by atoms with E-state index in [4.69, 9.17) is 9.47 Å². The highest BCUT2D eigenvalue weighted by atomic mass is 16.5. The second-order valence-corrected chi connectivity index (χ2v) is 4.37. The van der Waals surface area contributed by atoms with E-state index in [9.17, 15) is 14.4 Å². The molecule has 0 saturated heterocycles. The minimum absolute atomic E-state index is 0.0278. The Morgan fingerprint density at radius 3 is 1.95 bits per heavy atom. The lowest BCUT2D eigenvalue weighted by molar-refractivity contribution is -0.170. The van der Waals surface area contributed by atoms with E-state index in [-0.39, 0.29) is 18.6 Å². The Hall–Kier alpha value is -2.17. The predicted octanol–water partition coefficient (Wildman–Crippen LogP) is 2.38. The number of ketones is 1. The summed E-state index contributed by atoms with van der Waals surface area (Å²) < 4.78 is 9.41. The van der Waals surface area contributed by atoms with Crippen molar-refractivity contribution < 1.29 is 23.9 Å². The molecule has 0 aromatic heterocycles. The Morgan fingerprint density at radius 1 is 0.952 bits per heavy atom. The molecule has 21 heavy (non-hydrogen) atoms. The zero-order chi connectivity index (χ0) is 16.3. The van der Waals surface area contributed by atoms with Crippen LogP contribution in [0.5, 0.6) is 0 Å². The summed E-state index contributed by atoms with van der Waals surface area (Å²) in [5.74, 6) is -1.90. The first-order chi connectivity index (χ1) is 9.98. The van der Waals surface area contributed by atoms with Gasteiger partial charge in [-0.1, -0.05) is 30.4 Å². The summed E-state index contributed by atoms with van der Waals surface area (Å²) in [6.07, 6.45) is 9.49. The highest BCUT2D eigenvalue weighted by molar-refractivity contribution is 6.05. The SMILES string of the molecule is C/C=C/C=C/CC(CC(=O)/C=C/C)(C(=O)OC)C(=O)OC. The zero-order valence-electron chi connectivity index (χ0n) is 12.9. The molecular weight excluding hydrogens is 272 g/mol. The lowest BCUT2D eigenvalue weighted by Crippen LogP contribution is -2.42. The van der Waals surface area contributed by atoms with Crippen molar-refractivity contribution in [1.82, 2.24) is 0 Å². The van der Waals surface area contributed by atoms with Gasteiger partial charge in [0.2, 0.25) is 0 Å². The first kappa shape index (κ1) is 18.8. The summed E-state index contributed by atoms with van der Waals surface area (Å²) in [6, 6.07) is 0. The normalized spacial score (nSPS) is 12.2. The largest absolute Gasteiger partial charge is 0.468 e. The van der Waals surface area contributed by atoms with Gasteiger partial charge in [-0.05, 0) is 26.3 Å². The molecule has 0 spiro atoms. The van der Waals surface area contributed by atoms with Gasteiger partial charge in [-0.15, -0.1) is 0 Å². The Morgan fingerprint density at radius 2 is 1.52 bits per heavy atom. The average molecular weight is 294 g/mol. The van der Waals surface area contributed by atoms with Gasteiger partial charge in [-0.3, -0.25) is 14.4 Å². The van der Waals surface area contributed by atoms with Crippen LogP contribution in [0.15, 0.2) is 36.5 Å². The minimum Gasteiger partial charge on any atom is -0.468 e. The first-order valence-electron chi connectivity index (χ1n) is 6.58. The third kappa shape index (κ3) is 5.38. The standard InChI is InChI=1S/C16H22O5/c1-5-7-8-9-11-16(14(18)20-3,15(19)21-4)12-13(17)10-6-2/h5-10H,11-12H2,1-4H3/b7-5+,9-8+,10-6+. The molecule has 0 atom stereocenters. The van der Waals surface area contributed by atoms with Crippen LogP contribution in [0.2, 0.25) is 0 Å². The monoisotopic (exact) mass is 294 g/mol. The van der Waals surface area contributed by atoms with E-state index in [1.54, 1.807) is 37.3 Å². The van der Waals surface area contributed by atoms with Gasteiger partial charge in [0.25, 0.3) is 0 Å². The van der Waals surface area contributed by atoms with Crippen LogP contribution in [0, 0.1) is 5.41 Å². The van der Waals surface area contributed by atoms with Crippen molar-refractivity contribution in [1.29, 1.82) is 0 Å². The van der Waals surface area contributed by atoms with E-state index in [0.717, 1.165) is 0 Å². The Kier molecular flexibility index (Phi) is 8.69. The lowest BCUT2D eigenvalue weighted by Gasteiger charge is -2.25. The summed E-state index contributed by atoms with van der Waals surface area (Å²) in [7, 11) is 2.35. The van der Waals surface area contributed by atoms with Gasteiger partial charge >= 0.3 is 11.9 Å². The van der Waals surface area contributed by atoms with Gasteiger partial charge in [0.1, 0.15) is 0 Å². The van der Waals surface area contributed by atoms with Crippen LogP contribution in [0.4, 0.5) is 0 Å². The number of esters is 2. The minimum atomic E-state index is -1.65. The van der Waals surface area contributed by atoms with Gasteiger partial charge in [-0.25, -0.2) is 0 Å². The summed E-state index contributed by atoms with van der Waals surface area (Å²) in [5, 5.41) is 0. The fourth-order valence-corrected chi connectivity index (χ4v) is 1.86. The average Bonchev–Trinajstić information content (AvgIpc) is 2.48. The molecule has 116 valence electrons. The van der Waals surface area contributed by atoms with Gasteiger partial charge in [0.15, 0.2) is 11.2 Å². The van der Waals surface area contributed by atoms with Gasteiger partial charge in [0, 0.05) is 6.42 Å². The van der Waals surface area contributed by atoms with Crippen LogP contribution in [-0.2, 0) is 23.9 Å². The van der Waals surface area contributed by atoms with E-state index in [1.807, 2.05) is 6.92 Å². The predicted molar refractivity (Wildman–Crippen MR) is 79.5 cm³/mol. The third-order valence-electron chi connectivity index (χ3n) is 2.89. The maximum atomic E-state index is 12.1. The number of hydrogen-bond acceptors (Lipinski definition) is 5. The quantitative estimate of drug-likeness (QED) is 0.297. The molecular formula is C16H22O5. The Labute approximate surface area is 125 Å². The zero-order valence-corrected chi connectivity index (χ0v) is 12.9. The highest BCUT2D eigenvalue weighted by Gasteiger charge is 2.48. The van der Waals surface area contributed by atoms with Crippen molar-refractivity contribution >= 4 is 17.7 Å². The first-order valence-corrected chi connectivity index (χ1v) is 6.58. The van der Waals surface area contributed by atoms with Crippen molar-refractivity contribution in [3.63, 3.8) is 0 Å². The van der Waals surface area contributed by atoms with Crippen molar-refractivity contribution in [2.75, 3.05) is 14.2 Å². The number of carbonyl (C=O) groups excluding carboxylic acids is 3. The van der Waals surface area contributed by atoms with Crippen LogP contribution < -0.4 is 0 Å². The maximum Gasteiger partial charge on any atom is 0.324 e. The van der Waals surface area contributed by atoms with Crippen molar-refractivity contribution in [3.05, 3.63) is 36.5 Å². The molecule has 0 unspecified atom stereocenters. The Balaban J connectivity index is 5.57. The molecule has 0 fully saturated rings. The smallest absolute Gasteiger partial charge is 0.324 e. The number of allylic oxidation sites excluding steroid dienone is 6. The van der Waals surface area contributed by atoms with Gasteiger partial charge in [-0.2, -0.15) is 0 Å². The number of carbonyl (C=O) groups is 3. The summed E-state index contributed by atoms with van der Waals surface area (Å²) >= 11 is 0. The van der Waals surface area contributed by atoms with Crippen LogP contribution in [0.25, 0.3) is 0 Å². The molecule has 0 heterocycles. The van der Waals surface area contributed by atoms with Crippen LogP contribution in [0.1, 0.15) is 26.7 Å². The molecule has 5 heteroatoms. The topological polar surface area (TPSA) is 69.7 Å². The maximum absolute atomic E-state index is 12.1. The van der Waals surface area contributed by atoms with Crippen LogP contribution in [0.3, 0.4) is 0 Å². The fourth-order valence-electron chi connectivity index (χ4n) is 1.86. The van der Waals surface area contributed by atoms with Crippen LogP contribution in [-0.4, -0.2) is 31.9 Å².